The van der Waals surface area contributed by atoms with E-state index in [0.717, 1.165) is 30.0 Å². The fraction of sp³-hybridized carbons (Fsp3) is 0.500. The zero-order chi connectivity index (χ0) is 16.9. The van der Waals surface area contributed by atoms with Crippen molar-refractivity contribution in [3.8, 4) is 5.75 Å². The fourth-order valence-electron chi connectivity index (χ4n) is 1.82. The van der Waals surface area contributed by atoms with Gasteiger partial charge in [0.15, 0.2) is 5.12 Å². The summed E-state index contributed by atoms with van der Waals surface area (Å²) < 4.78 is 42.8. The van der Waals surface area contributed by atoms with Crippen molar-refractivity contribution in [2.75, 3.05) is 12.9 Å². The monoisotopic (exact) mass is 338 g/mol. The van der Waals surface area contributed by atoms with Crippen LogP contribution in [-0.2, 0) is 11.0 Å². The Balaban J connectivity index is 2.88. The van der Waals surface area contributed by atoms with E-state index in [2.05, 4.69) is 0 Å². The molecule has 0 saturated heterocycles. The first kappa shape index (κ1) is 18.8. The van der Waals surface area contributed by atoms with Crippen molar-refractivity contribution in [1.82, 2.24) is 0 Å². The van der Waals surface area contributed by atoms with E-state index in [0.29, 0.717) is 5.75 Å². The van der Waals surface area contributed by atoms with Crippen molar-refractivity contribution in [2.24, 2.45) is 0 Å². The number of ether oxygens (including phenoxy) is 1. The summed E-state index contributed by atoms with van der Waals surface area (Å²) in [6.07, 6.45) is -7.01. The lowest BCUT2D eigenvalue weighted by Gasteiger charge is -2.21. The van der Waals surface area contributed by atoms with Crippen LogP contribution in [0.3, 0.4) is 0 Å². The van der Waals surface area contributed by atoms with Crippen LogP contribution < -0.4 is 4.74 Å². The van der Waals surface area contributed by atoms with Gasteiger partial charge in [0.05, 0.1) is 18.8 Å². The van der Waals surface area contributed by atoms with Crippen molar-refractivity contribution in [2.45, 2.75) is 31.7 Å². The maximum Gasteiger partial charge on any atom is 0.416 e. The first-order valence-electron chi connectivity index (χ1n) is 6.41. The standard InChI is InChI=1S/C14H17F3O4S/c1-8(18)22-6-5-11(19)13(20)10-4-3-9(14(15,16)17)7-12(10)21-2/h3-4,7,11,13,19-20H,5-6H2,1-2H3. The number of thioether (sulfide) groups is 1. The highest BCUT2D eigenvalue weighted by Crippen LogP contribution is 2.36. The van der Waals surface area contributed by atoms with Crippen LogP contribution in [0.25, 0.3) is 0 Å². The summed E-state index contributed by atoms with van der Waals surface area (Å²) in [6, 6.07) is 2.67. The quantitative estimate of drug-likeness (QED) is 0.835. The van der Waals surface area contributed by atoms with Gasteiger partial charge in [0.1, 0.15) is 11.9 Å². The van der Waals surface area contributed by atoms with Gasteiger partial charge in [-0.1, -0.05) is 17.8 Å². The molecule has 8 heteroatoms. The summed E-state index contributed by atoms with van der Waals surface area (Å²) >= 11 is 0.998. The molecule has 1 aromatic carbocycles. The van der Waals surface area contributed by atoms with Gasteiger partial charge in [-0.05, 0) is 18.6 Å². The van der Waals surface area contributed by atoms with Gasteiger partial charge in [0.25, 0.3) is 0 Å². The van der Waals surface area contributed by atoms with Crippen LogP contribution in [0.2, 0.25) is 0 Å². The number of aliphatic hydroxyl groups is 2. The average Bonchev–Trinajstić information content (AvgIpc) is 2.44. The highest BCUT2D eigenvalue weighted by molar-refractivity contribution is 8.13. The largest absolute Gasteiger partial charge is 0.496 e. The second kappa shape index (κ2) is 7.85. The zero-order valence-corrected chi connectivity index (χ0v) is 12.9. The number of methoxy groups -OCH3 is 1. The van der Waals surface area contributed by atoms with Crippen LogP contribution in [0.15, 0.2) is 18.2 Å². The van der Waals surface area contributed by atoms with Crippen LogP contribution in [0.4, 0.5) is 13.2 Å². The van der Waals surface area contributed by atoms with Gasteiger partial charge in [-0.3, -0.25) is 4.79 Å². The number of alkyl halides is 3. The number of carbonyl (C=O) groups excluding carboxylic acids is 1. The minimum Gasteiger partial charge on any atom is -0.496 e. The molecule has 0 aliphatic carbocycles. The van der Waals surface area contributed by atoms with Gasteiger partial charge in [-0.25, -0.2) is 0 Å². The lowest BCUT2D eigenvalue weighted by molar-refractivity contribution is -0.137. The van der Waals surface area contributed by atoms with Crippen LogP contribution in [0.1, 0.15) is 30.6 Å². The van der Waals surface area contributed by atoms with Gasteiger partial charge >= 0.3 is 6.18 Å². The number of benzene rings is 1. The van der Waals surface area contributed by atoms with Gasteiger partial charge in [0.2, 0.25) is 0 Å². The van der Waals surface area contributed by atoms with Crippen molar-refractivity contribution in [3.63, 3.8) is 0 Å². The third kappa shape index (κ3) is 5.19. The first-order chi connectivity index (χ1) is 10.2. The molecule has 0 spiro atoms. The third-order valence-electron chi connectivity index (χ3n) is 2.96. The summed E-state index contributed by atoms with van der Waals surface area (Å²) in [5.74, 6) is 0.150. The molecular formula is C14H17F3O4S. The summed E-state index contributed by atoms with van der Waals surface area (Å²) in [6.45, 7) is 1.38. The molecule has 0 aromatic heterocycles. The van der Waals surface area contributed by atoms with E-state index in [4.69, 9.17) is 4.74 Å². The number of carbonyl (C=O) groups is 1. The normalized spacial score (nSPS) is 14.5. The molecule has 2 N–H and O–H groups in total. The van der Waals surface area contributed by atoms with E-state index in [1.807, 2.05) is 0 Å². The van der Waals surface area contributed by atoms with E-state index in [-0.39, 0.29) is 22.8 Å². The average molecular weight is 338 g/mol. The molecule has 2 atom stereocenters. The van der Waals surface area contributed by atoms with E-state index < -0.39 is 23.9 Å². The second-order valence-corrected chi connectivity index (χ2v) is 5.87. The Labute approximate surface area is 130 Å². The lowest BCUT2D eigenvalue weighted by atomic mass is 10.00. The number of hydrogen-bond acceptors (Lipinski definition) is 5. The second-order valence-electron chi connectivity index (χ2n) is 4.60. The van der Waals surface area contributed by atoms with E-state index >= 15 is 0 Å². The van der Waals surface area contributed by atoms with E-state index in [1.54, 1.807) is 0 Å². The van der Waals surface area contributed by atoms with E-state index in [1.165, 1.54) is 14.0 Å². The molecule has 0 saturated carbocycles. The van der Waals surface area contributed by atoms with Crippen LogP contribution in [-0.4, -0.2) is 34.3 Å². The fourth-order valence-corrected chi connectivity index (χ4v) is 2.47. The lowest BCUT2D eigenvalue weighted by Crippen LogP contribution is -2.20. The van der Waals surface area contributed by atoms with Crippen molar-refractivity contribution in [3.05, 3.63) is 29.3 Å². The van der Waals surface area contributed by atoms with Crippen LogP contribution in [0.5, 0.6) is 5.75 Å². The highest BCUT2D eigenvalue weighted by Gasteiger charge is 2.32. The summed E-state index contributed by atoms with van der Waals surface area (Å²) in [7, 11) is 1.18. The Bertz CT molecular complexity index is 519. The predicted octanol–water partition coefficient (Wildman–Crippen LogP) is 2.78. The summed E-state index contributed by atoms with van der Waals surface area (Å²) in [4.78, 5) is 10.8. The first-order valence-corrected chi connectivity index (χ1v) is 7.40. The zero-order valence-electron chi connectivity index (χ0n) is 12.1. The molecule has 0 heterocycles. The molecule has 0 amide bonds. The molecular weight excluding hydrogens is 321 g/mol. The smallest absolute Gasteiger partial charge is 0.416 e. The van der Waals surface area contributed by atoms with Crippen molar-refractivity contribution < 1.29 is 32.9 Å². The minimum absolute atomic E-state index is 0.0656. The van der Waals surface area contributed by atoms with Gasteiger partial charge in [-0.15, -0.1) is 0 Å². The SMILES string of the molecule is COc1cc(C(F)(F)F)ccc1C(O)C(O)CCSC(C)=O. The van der Waals surface area contributed by atoms with Crippen LogP contribution in [0, 0.1) is 0 Å². The van der Waals surface area contributed by atoms with E-state index in [9.17, 15) is 28.2 Å². The topological polar surface area (TPSA) is 66.8 Å². The molecule has 2 unspecified atom stereocenters. The molecule has 1 rings (SSSR count). The van der Waals surface area contributed by atoms with Crippen molar-refractivity contribution >= 4 is 16.9 Å². The predicted molar refractivity (Wildman–Crippen MR) is 76.7 cm³/mol. The molecule has 0 fully saturated rings. The maximum absolute atomic E-state index is 12.6. The third-order valence-corrected chi connectivity index (χ3v) is 3.81. The Kier molecular flexibility index (Phi) is 6.70. The van der Waals surface area contributed by atoms with Crippen molar-refractivity contribution in [1.29, 1.82) is 0 Å². The Morgan fingerprint density at radius 2 is 2.00 bits per heavy atom. The Morgan fingerprint density at radius 3 is 2.50 bits per heavy atom. The Hall–Kier alpha value is -1.25. The maximum atomic E-state index is 12.6. The summed E-state index contributed by atoms with van der Waals surface area (Å²) in [5, 5.41) is 19.8. The van der Waals surface area contributed by atoms with Gasteiger partial charge < -0.3 is 14.9 Å². The summed E-state index contributed by atoms with van der Waals surface area (Å²) in [5.41, 5.74) is -0.835. The molecule has 0 radical (unpaired) electrons. The number of halogens is 3. The minimum atomic E-state index is -4.52. The number of hydrogen-bond donors (Lipinski definition) is 2. The molecule has 4 nitrogen and oxygen atoms in total. The van der Waals surface area contributed by atoms with Gasteiger partial charge in [0, 0.05) is 18.2 Å². The molecule has 0 bridgehead atoms. The molecule has 124 valence electrons. The molecule has 0 aliphatic rings. The Morgan fingerprint density at radius 1 is 1.36 bits per heavy atom. The number of rotatable bonds is 6. The molecule has 0 aliphatic heterocycles. The van der Waals surface area contributed by atoms with Gasteiger partial charge in [-0.2, -0.15) is 13.2 Å². The number of aliphatic hydroxyl groups excluding tert-OH is 2. The van der Waals surface area contributed by atoms with Crippen LogP contribution >= 0.6 is 11.8 Å². The molecule has 22 heavy (non-hydrogen) atoms. The highest BCUT2D eigenvalue weighted by atomic mass is 32.2. The molecule has 1 aromatic rings.